The summed E-state index contributed by atoms with van der Waals surface area (Å²) >= 11 is 0. The second-order valence-corrected chi connectivity index (χ2v) is 21.1. The maximum Gasteiger partial charge on any atom is 0.122 e. The van der Waals surface area contributed by atoms with E-state index >= 15 is 0 Å². The van der Waals surface area contributed by atoms with E-state index in [-0.39, 0.29) is 16.4 Å². The molecule has 0 saturated carbocycles. The third kappa shape index (κ3) is 6.24. The van der Waals surface area contributed by atoms with Crippen molar-refractivity contribution in [1.29, 1.82) is 0 Å². The van der Waals surface area contributed by atoms with Gasteiger partial charge in [-0.15, -0.1) is 0 Å². The van der Waals surface area contributed by atoms with Crippen LogP contribution in [-0.4, -0.2) is 14.7 Å². The van der Waals surface area contributed by atoms with E-state index in [0.717, 1.165) is 5.75 Å². The average molecular weight is 649 g/mol. The standard InChI is InChI=1S/C46H52OSi/c1-12-25-47-43-41(46(7,8)9)28-36(45(4,5)6)29-42(43)48(10,11)44-39-26-34(32-17-13-30(2)14-18-32)21-23-37(39)38-24-22-35(27-40(38)44)33-19-15-31(3)16-20-33/h12-24,26-29,44H,1,25H2,2-11H3. The lowest BCUT2D eigenvalue weighted by molar-refractivity contribution is 0.353. The minimum atomic E-state index is -2.39. The van der Waals surface area contributed by atoms with Crippen LogP contribution in [0.3, 0.4) is 0 Å². The van der Waals surface area contributed by atoms with E-state index in [2.05, 4.69) is 172 Å². The molecular formula is C46H52OSi. The van der Waals surface area contributed by atoms with Crippen LogP contribution in [0.15, 0.2) is 110 Å². The van der Waals surface area contributed by atoms with Crippen molar-refractivity contribution in [3.63, 3.8) is 0 Å². The largest absolute Gasteiger partial charge is 0.489 e. The maximum atomic E-state index is 6.76. The average Bonchev–Trinajstić information content (AvgIpc) is 3.37. The summed E-state index contributed by atoms with van der Waals surface area (Å²) in [5, 5.41) is 1.40. The van der Waals surface area contributed by atoms with Crippen LogP contribution >= 0.6 is 0 Å². The molecule has 0 atom stereocenters. The summed E-state index contributed by atoms with van der Waals surface area (Å²) in [7, 11) is -2.39. The van der Waals surface area contributed by atoms with Gasteiger partial charge >= 0.3 is 0 Å². The van der Waals surface area contributed by atoms with E-state index in [1.54, 1.807) is 0 Å². The van der Waals surface area contributed by atoms with Gasteiger partial charge in [-0.3, -0.25) is 0 Å². The lowest BCUT2D eigenvalue weighted by Crippen LogP contribution is -2.49. The fourth-order valence-electron chi connectivity index (χ4n) is 7.44. The number of ether oxygens (including phenoxy) is 1. The molecule has 2 heteroatoms. The van der Waals surface area contributed by atoms with Gasteiger partial charge in [0.1, 0.15) is 12.4 Å². The molecule has 0 fully saturated rings. The van der Waals surface area contributed by atoms with Gasteiger partial charge in [0.2, 0.25) is 0 Å². The van der Waals surface area contributed by atoms with Crippen molar-refractivity contribution in [2.75, 3.05) is 6.61 Å². The molecule has 0 N–H and O–H groups in total. The molecule has 246 valence electrons. The first kappa shape index (κ1) is 33.7. The lowest BCUT2D eigenvalue weighted by atomic mass is 9.80. The molecule has 0 saturated heterocycles. The predicted octanol–water partition coefficient (Wildman–Crippen LogP) is 12.1. The van der Waals surface area contributed by atoms with Crippen molar-refractivity contribution in [1.82, 2.24) is 0 Å². The van der Waals surface area contributed by atoms with Gasteiger partial charge in [-0.1, -0.05) is 175 Å². The van der Waals surface area contributed by atoms with Crippen molar-refractivity contribution in [3.05, 3.63) is 143 Å². The minimum absolute atomic E-state index is 0.00108. The first-order valence-corrected chi connectivity index (χ1v) is 20.5. The number of benzene rings is 5. The molecule has 0 amide bonds. The number of fused-ring (bicyclic) bond motifs is 3. The fourth-order valence-corrected chi connectivity index (χ4v) is 11.1. The molecule has 5 aromatic rings. The van der Waals surface area contributed by atoms with Crippen LogP contribution in [0.4, 0.5) is 0 Å². The lowest BCUT2D eigenvalue weighted by Gasteiger charge is -2.37. The molecule has 1 nitrogen and oxygen atoms in total. The van der Waals surface area contributed by atoms with E-state index in [1.807, 2.05) is 6.08 Å². The van der Waals surface area contributed by atoms with Crippen LogP contribution in [0.2, 0.25) is 13.1 Å². The Labute approximate surface area is 290 Å². The van der Waals surface area contributed by atoms with Crippen molar-refractivity contribution >= 4 is 13.3 Å². The molecule has 0 heterocycles. The van der Waals surface area contributed by atoms with E-state index < -0.39 is 8.07 Å². The highest BCUT2D eigenvalue weighted by Crippen LogP contribution is 2.52. The Balaban J connectivity index is 1.64. The Morgan fingerprint density at radius 2 is 1.08 bits per heavy atom. The van der Waals surface area contributed by atoms with E-state index in [1.165, 1.54) is 71.9 Å². The monoisotopic (exact) mass is 648 g/mol. The highest BCUT2D eigenvalue weighted by Gasteiger charge is 2.45. The zero-order valence-corrected chi connectivity index (χ0v) is 31.7. The molecule has 0 spiro atoms. The van der Waals surface area contributed by atoms with Gasteiger partial charge in [-0.05, 0) is 85.5 Å². The minimum Gasteiger partial charge on any atom is -0.489 e. The van der Waals surface area contributed by atoms with E-state index in [0.29, 0.717) is 6.61 Å². The number of hydrogen-bond donors (Lipinski definition) is 0. The van der Waals surface area contributed by atoms with Crippen LogP contribution in [0.1, 0.15) is 80.5 Å². The number of hydrogen-bond acceptors (Lipinski definition) is 1. The summed E-state index contributed by atoms with van der Waals surface area (Å²) in [5.74, 6) is 1.06. The molecule has 0 aromatic heterocycles. The molecule has 5 aromatic carbocycles. The zero-order chi connectivity index (χ0) is 34.6. The van der Waals surface area contributed by atoms with Crippen LogP contribution in [-0.2, 0) is 10.8 Å². The smallest absolute Gasteiger partial charge is 0.122 e. The Kier molecular flexibility index (Phi) is 8.71. The predicted molar refractivity (Wildman–Crippen MR) is 211 cm³/mol. The molecule has 0 radical (unpaired) electrons. The van der Waals surface area contributed by atoms with Gasteiger partial charge < -0.3 is 4.74 Å². The van der Waals surface area contributed by atoms with Gasteiger partial charge in [0, 0.05) is 5.54 Å². The quantitative estimate of drug-likeness (QED) is 0.126. The molecule has 0 aliphatic heterocycles. The second kappa shape index (κ2) is 12.4. The highest BCUT2D eigenvalue weighted by molar-refractivity contribution is 6.92. The van der Waals surface area contributed by atoms with E-state index in [9.17, 15) is 0 Å². The second-order valence-electron chi connectivity index (χ2n) is 16.5. The molecule has 1 aliphatic carbocycles. The molecule has 48 heavy (non-hydrogen) atoms. The van der Waals surface area contributed by atoms with Crippen LogP contribution < -0.4 is 9.92 Å². The summed E-state index contributed by atoms with van der Waals surface area (Å²) < 4.78 is 6.76. The normalized spacial score (nSPS) is 13.3. The molecule has 6 rings (SSSR count). The van der Waals surface area contributed by atoms with Crippen molar-refractivity contribution in [2.24, 2.45) is 0 Å². The van der Waals surface area contributed by atoms with Gasteiger partial charge in [0.15, 0.2) is 0 Å². The van der Waals surface area contributed by atoms with Gasteiger partial charge in [-0.2, -0.15) is 0 Å². The van der Waals surface area contributed by atoms with Crippen LogP contribution in [0.25, 0.3) is 33.4 Å². The summed E-state index contributed by atoms with van der Waals surface area (Å²) in [6.45, 7) is 27.9. The summed E-state index contributed by atoms with van der Waals surface area (Å²) in [4.78, 5) is 0. The van der Waals surface area contributed by atoms with Gasteiger partial charge in [0.25, 0.3) is 0 Å². The number of aryl methyl sites for hydroxylation is 2. The van der Waals surface area contributed by atoms with Gasteiger partial charge in [0.05, 0.1) is 8.07 Å². The van der Waals surface area contributed by atoms with Crippen molar-refractivity contribution < 1.29 is 4.74 Å². The van der Waals surface area contributed by atoms with Gasteiger partial charge in [-0.25, -0.2) is 0 Å². The van der Waals surface area contributed by atoms with E-state index in [4.69, 9.17) is 4.74 Å². The summed E-state index contributed by atoms with van der Waals surface area (Å²) in [5.41, 5.74) is 16.0. The Morgan fingerprint density at radius 1 is 0.625 bits per heavy atom. The first-order valence-electron chi connectivity index (χ1n) is 17.4. The Hall–Kier alpha value is -4.14. The van der Waals surface area contributed by atoms with Crippen molar-refractivity contribution in [2.45, 2.75) is 84.9 Å². The maximum absolute atomic E-state index is 6.76. The first-order chi connectivity index (χ1) is 22.6. The van der Waals surface area contributed by atoms with Crippen molar-refractivity contribution in [3.8, 4) is 39.1 Å². The van der Waals surface area contributed by atoms with Crippen LogP contribution in [0, 0.1) is 13.8 Å². The third-order valence-electron chi connectivity index (χ3n) is 10.3. The Bertz CT molecular complexity index is 1880. The third-order valence-corrected chi connectivity index (χ3v) is 14.1. The Morgan fingerprint density at radius 3 is 1.50 bits per heavy atom. The molecule has 0 unspecified atom stereocenters. The number of rotatable bonds is 7. The highest BCUT2D eigenvalue weighted by atomic mass is 28.3. The molecular weight excluding hydrogens is 597 g/mol. The SMILES string of the molecule is C=CCOc1c(C(C)(C)C)cc(C(C)(C)C)cc1[Si](C)(C)C1c2cc(-c3ccc(C)cc3)ccc2-c2ccc(-c3ccc(C)cc3)cc21. The molecule has 1 aliphatic rings. The molecule has 0 bridgehead atoms. The fraction of sp³-hybridized carbons (Fsp3) is 0.304. The zero-order valence-electron chi connectivity index (χ0n) is 30.7. The summed E-state index contributed by atoms with van der Waals surface area (Å²) in [6.07, 6.45) is 1.88. The van der Waals surface area contributed by atoms with Crippen LogP contribution in [0.5, 0.6) is 5.75 Å². The summed E-state index contributed by atoms with van der Waals surface area (Å²) in [6, 6.07) is 37.2. The topological polar surface area (TPSA) is 9.23 Å².